The molecule has 0 radical (unpaired) electrons. The predicted molar refractivity (Wildman–Crippen MR) is 94.2 cm³/mol. The smallest absolute Gasteiger partial charge is 0.417 e. The van der Waals surface area contributed by atoms with Crippen molar-refractivity contribution in [2.24, 2.45) is 0 Å². The molecule has 0 unspecified atom stereocenters. The van der Waals surface area contributed by atoms with Gasteiger partial charge in [-0.2, -0.15) is 13.2 Å². The third kappa shape index (κ3) is 3.17. The SMILES string of the molecule is O=c1c2ccccc2nc(-c2ccc(F)cc2C(F)(F)F)n1Cc1ccco1. The molecule has 0 amide bonds. The zero-order valence-corrected chi connectivity index (χ0v) is 14.2. The highest BCUT2D eigenvalue weighted by molar-refractivity contribution is 5.80. The summed E-state index contributed by atoms with van der Waals surface area (Å²) < 4.78 is 60.5. The molecule has 4 rings (SSSR count). The molecule has 0 atom stereocenters. The van der Waals surface area contributed by atoms with Gasteiger partial charge in [0.25, 0.3) is 5.56 Å². The first-order valence-corrected chi connectivity index (χ1v) is 8.23. The molecule has 142 valence electrons. The number of aromatic nitrogens is 2. The molecule has 4 aromatic rings. The van der Waals surface area contributed by atoms with Crippen molar-refractivity contribution in [1.82, 2.24) is 9.55 Å². The second-order valence-corrected chi connectivity index (χ2v) is 6.11. The molecule has 2 aromatic carbocycles. The monoisotopic (exact) mass is 388 g/mol. The summed E-state index contributed by atoms with van der Waals surface area (Å²) in [5, 5.41) is 0.258. The minimum absolute atomic E-state index is 0.117. The van der Waals surface area contributed by atoms with Crippen molar-refractivity contribution in [2.45, 2.75) is 12.7 Å². The summed E-state index contributed by atoms with van der Waals surface area (Å²) in [5.74, 6) is -0.875. The second-order valence-electron chi connectivity index (χ2n) is 6.11. The van der Waals surface area contributed by atoms with Gasteiger partial charge < -0.3 is 4.42 Å². The fourth-order valence-electron chi connectivity index (χ4n) is 3.02. The molecule has 4 nitrogen and oxygen atoms in total. The van der Waals surface area contributed by atoms with Crippen molar-refractivity contribution >= 4 is 10.9 Å². The fourth-order valence-corrected chi connectivity index (χ4v) is 3.02. The molecule has 0 aliphatic heterocycles. The summed E-state index contributed by atoms with van der Waals surface area (Å²) in [6.45, 7) is -0.117. The van der Waals surface area contributed by atoms with E-state index in [2.05, 4.69) is 4.98 Å². The molecule has 2 aromatic heterocycles. The largest absolute Gasteiger partial charge is 0.467 e. The lowest BCUT2D eigenvalue weighted by Gasteiger charge is -2.17. The van der Waals surface area contributed by atoms with Crippen LogP contribution in [0.5, 0.6) is 0 Å². The molecular weight excluding hydrogens is 376 g/mol. The van der Waals surface area contributed by atoms with Gasteiger partial charge in [-0.15, -0.1) is 0 Å². The Morgan fingerprint density at radius 2 is 1.82 bits per heavy atom. The molecule has 0 saturated heterocycles. The Balaban J connectivity index is 2.05. The number of fused-ring (bicyclic) bond motifs is 1. The average Bonchev–Trinajstić information content (AvgIpc) is 3.16. The van der Waals surface area contributed by atoms with Gasteiger partial charge in [-0.3, -0.25) is 9.36 Å². The summed E-state index contributed by atoms with van der Waals surface area (Å²) >= 11 is 0. The van der Waals surface area contributed by atoms with Gasteiger partial charge in [0, 0.05) is 5.56 Å². The Hall–Kier alpha value is -3.42. The first kappa shape index (κ1) is 18.0. The van der Waals surface area contributed by atoms with Crippen LogP contribution in [0.3, 0.4) is 0 Å². The van der Waals surface area contributed by atoms with Gasteiger partial charge in [0.1, 0.15) is 17.4 Å². The molecule has 0 aliphatic carbocycles. The average molecular weight is 388 g/mol. The highest BCUT2D eigenvalue weighted by atomic mass is 19.4. The number of alkyl halides is 3. The number of nitrogens with zero attached hydrogens (tertiary/aromatic N) is 2. The van der Waals surface area contributed by atoms with E-state index in [9.17, 15) is 22.4 Å². The molecule has 0 N–H and O–H groups in total. The predicted octanol–water partition coefficient (Wildman–Crippen LogP) is 4.86. The second kappa shape index (κ2) is 6.63. The number of hydrogen-bond acceptors (Lipinski definition) is 3. The minimum Gasteiger partial charge on any atom is -0.467 e. The molecule has 8 heteroatoms. The van der Waals surface area contributed by atoms with Crippen LogP contribution >= 0.6 is 0 Å². The highest BCUT2D eigenvalue weighted by Gasteiger charge is 2.35. The molecular formula is C20H12F4N2O2. The van der Waals surface area contributed by atoms with Gasteiger partial charge >= 0.3 is 6.18 Å². The fraction of sp³-hybridized carbons (Fsp3) is 0.100. The maximum atomic E-state index is 13.5. The van der Waals surface area contributed by atoms with Crippen LogP contribution < -0.4 is 5.56 Å². The van der Waals surface area contributed by atoms with Crippen LogP contribution in [0.15, 0.2) is 70.1 Å². The van der Waals surface area contributed by atoms with Crippen molar-refractivity contribution in [3.05, 3.63) is 88.4 Å². The normalized spacial score (nSPS) is 11.9. The standard InChI is InChI=1S/C20H12F4N2O2/c21-12-7-8-14(16(10-12)20(22,23)24)18-25-17-6-2-1-5-15(17)19(27)26(18)11-13-4-3-9-28-13/h1-10H,11H2. The van der Waals surface area contributed by atoms with Crippen molar-refractivity contribution in [3.63, 3.8) is 0 Å². The topological polar surface area (TPSA) is 48.0 Å². The van der Waals surface area contributed by atoms with Crippen LogP contribution in [0, 0.1) is 5.82 Å². The van der Waals surface area contributed by atoms with E-state index in [1.165, 1.54) is 12.3 Å². The van der Waals surface area contributed by atoms with E-state index in [1.807, 2.05) is 0 Å². The molecule has 0 aliphatic rings. The minimum atomic E-state index is -4.82. The quantitative estimate of drug-likeness (QED) is 0.471. The highest BCUT2D eigenvalue weighted by Crippen LogP contribution is 2.37. The number of benzene rings is 2. The van der Waals surface area contributed by atoms with Crippen molar-refractivity contribution in [3.8, 4) is 11.4 Å². The number of para-hydroxylation sites is 1. The summed E-state index contributed by atoms with van der Waals surface area (Å²) in [7, 11) is 0. The van der Waals surface area contributed by atoms with E-state index < -0.39 is 23.1 Å². The van der Waals surface area contributed by atoms with E-state index in [4.69, 9.17) is 4.42 Å². The Morgan fingerprint density at radius 3 is 2.54 bits per heavy atom. The summed E-state index contributed by atoms with van der Waals surface area (Å²) in [5.41, 5.74) is -1.86. The number of hydrogen-bond donors (Lipinski definition) is 0. The maximum Gasteiger partial charge on any atom is 0.417 e. The third-order valence-corrected chi connectivity index (χ3v) is 4.28. The lowest BCUT2D eigenvalue weighted by Crippen LogP contribution is -2.25. The van der Waals surface area contributed by atoms with Gasteiger partial charge in [0.2, 0.25) is 0 Å². The molecule has 28 heavy (non-hydrogen) atoms. The van der Waals surface area contributed by atoms with E-state index in [0.717, 1.165) is 16.7 Å². The van der Waals surface area contributed by atoms with Gasteiger partial charge in [-0.05, 0) is 42.5 Å². The van der Waals surface area contributed by atoms with Gasteiger partial charge in [-0.1, -0.05) is 12.1 Å². The van der Waals surface area contributed by atoms with Crippen LogP contribution in [0.1, 0.15) is 11.3 Å². The summed E-state index contributed by atoms with van der Waals surface area (Å²) in [6.07, 6.45) is -3.43. The Labute approximate surface area is 155 Å². The van der Waals surface area contributed by atoms with Crippen LogP contribution in [-0.2, 0) is 12.7 Å². The van der Waals surface area contributed by atoms with E-state index in [1.54, 1.807) is 30.3 Å². The number of furan rings is 1. The first-order chi connectivity index (χ1) is 13.3. The molecule has 0 saturated carbocycles. The van der Waals surface area contributed by atoms with Crippen LogP contribution in [0.4, 0.5) is 17.6 Å². The third-order valence-electron chi connectivity index (χ3n) is 4.28. The van der Waals surface area contributed by atoms with Gasteiger partial charge in [-0.25, -0.2) is 9.37 Å². The van der Waals surface area contributed by atoms with Crippen molar-refractivity contribution in [1.29, 1.82) is 0 Å². The van der Waals surface area contributed by atoms with Gasteiger partial charge in [0.15, 0.2) is 0 Å². The molecule has 0 bridgehead atoms. The van der Waals surface area contributed by atoms with Crippen LogP contribution in [0.2, 0.25) is 0 Å². The van der Waals surface area contributed by atoms with Crippen LogP contribution in [0.25, 0.3) is 22.3 Å². The molecule has 0 fully saturated rings. The summed E-state index contributed by atoms with van der Waals surface area (Å²) in [6, 6.07) is 11.8. The van der Waals surface area contributed by atoms with E-state index in [-0.39, 0.29) is 28.8 Å². The first-order valence-electron chi connectivity index (χ1n) is 8.23. The van der Waals surface area contributed by atoms with E-state index >= 15 is 0 Å². The zero-order valence-electron chi connectivity index (χ0n) is 14.2. The lowest BCUT2D eigenvalue weighted by molar-refractivity contribution is -0.137. The van der Waals surface area contributed by atoms with Gasteiger partial charge in [0.05, 0.1) is 29.3 Å². The summed E-state index contributed by atoms with van der Waals surface area (Å²) in [4.78, 5) is 17.3. The zero-order chi connectivity index (χ0) is 19.9. The van der Waals surface area contributed by atoms with Crippen LogP contribution in [-0.4, -0.2) is 9.55 Å². The molecule has 0 spiro atoms. The molecule has 2 heterocycles. The van der Waals surface area contributed by atoms with E-state index in [0.29, 0.717) is 11.8 Å². The Bertz CT molecular complexity index is 1210. The van der Waals surface area contributed by atoms with Crippen molar-refractivity contribution in [2.75, 3.05) is 0 Å². The number of rotatable bonds is 3. The van der Waals surface area contributed by atoms with Crippen molar-refractivity contribution < 1.29 is 22.0 Å². The Kier molecular flexibility index (Phi) is 4.26. The Morgan fingerprint density at radius 1 is 1.04 bits per heavy atom. The lowest BCUT2D eigenvalue weighted by atomic mass is 10.1. The number of halogens is 4. The maximum absolute atomic E-state index is 13.5.